The Morgan fingerprint density at radius 2 is 2.07 bits per heavy atom. The van der Waals surface area contributed by atoms with Crippen LogP contribution in [-0.4, -0.2) is 55.7 Å². The number of methoxy groups -OCH3 is 1. The lowest BCUT2D eigenvalue weighted by molar-refractivity contribution is -0.118. The average molecular weight is 217 g/mol. The molecule has 0 spiro atoms. The smallest absolute Gasteiger partial charge is 0.132 e. The molecule has 0 saturated heterocycles. The first kappa shape index (κ1) is 14.6. The van der Waals surface area contributed by atoms with E-state index in [1.165, 1.54) is 0 Å². The Morgan fingerprint density at radius 3 is 2.60 bits per heavy atom. The number of ether oxygens (including phenoxy) is 1. The minimum absolute atomic E-state index is 0.158. The van der Waals surface area contributed by atoms with Gasteiger partial charge in [-0.25, -0.2) is 0 Å². The van der Waals surface area contributed by atoms with Gasteiger partial charge in [0.25, 0.3) is 0 Å². The summed E-state index contributed by atoms with van der Waals surface area (Å²) in [5.41, 5.74) is 0. The van der Waals surface area contributed by atoms with Gasteiger partial charge in [-0.3, -0.25) is 9.69 Å². The van der Waals surface area contributed by atoms with Gasteiger partial charge in [0.1, 0.15) is 5.78 Å². The number of aliphatic hydroxyl groups is 1. The Hall–Kier alpha value is -0.450. The van der Waals surface area contributed by atoms with Crippen LogP contribution < -0.4 is 0 Å². The molecule has 4 nitrogen and oxygen atoms in total. The van der Waals surface area contributed by atoms with Crippen LogP contribution in [0.15, 0.2) is 0 Å². The van der Waals surface area contributed by atoms with Crippen LogP contribution in [0.2, 0.25) is 0 Å². The predicted octanol–water partition coefficient (Wildman–Crippen LogP) is 0.686. The van der Waals surface area contributed by atoms with Crippen LogP contribution in [0, 0.1) is 0 Å². The number of aliphatic hydroxyl groups excluding tert-OH is 1. The fourth-order valence-corrected chi connectivity index (χ4v) is 1.37. The van der Waals surface area contributed by atoms with E-state index in [2.05, 4.69) is 4.90 Å². The Bertz CT molecular complexity index is 162. The van der Waals surface area contributed by atoms with E-state index in [0.717, 1.165) is 19.5 Å². The maximum Gasteiger partial charge on any atom is 0.132 e. The van der Waals surface area contributed by atoms with Crippen molar-refractivity contribution in [1.29, 1.82) is 0 Å². The number of carbonyl (C=O) groups excluding carboxylic acids is 1. The number of ketones is 1. The predicted molar refractivity (Wildman–Crippen MR) is 59.9 cm³/mol. The molecule has 0 amide bonds. The lowest BCUT2D eigenvalue weighted by atomic mass is 10.2. The van der Waals surface area contributed by atoms with Crippen molar-refractivity contribution in [3.8, 4) is 0 Å². The van der Waals surface area contributed by atoms with Crippen molar-refractivity contribution in [2.75, 3.05) is 40.0 Å². The van der Waals surface area contributed by atoms with Crippen molar-refractivity contribution < 1.29 is 14.6 Å². The topological polar surface area (TPSA) is 49.8 Å². The van der Waals surface area contributed by atoms with Crippen molar-refractivity contribution in [2.45, 2.75) is 26.2 Å². The van der Waals surface area contributed by atoms with Crippen LogP contribution in [0.25, 0.3) is 0 Å². The minimum atomic E-state index is 0.158. The molecule has 0 unspecified atom stereocenters. The average Bonchev–Trinajstić information content (AvgIpc) is 2.25. The van der Waals surface area contributed by atoms with E-state index in [1.807, 2.05) is 6.92 Å². The van der Waals surface area contributed by atoms with Gasteiger partial charge in [0, 0.05) is 33.0 Å². The largest absolute Gasteiger partial charge is 0.395 e. The van der Waals surface area contributed by atoms with Gasteiger partial charge >= 0.3 is 0 Å². The second-order valence-corrected chi connectivity index (χ2v) is 3.55. The first-order valence-corrected chi connectivity index (χ1v) is 5.58. The van der Waals surface area contributed by atoms with Crippen LogP contribution in [-0.2, 0) is 9.53 Å². The van der Waals surface area contributed by atoms with Crippen molar-refractivity contribution in [3.05, 3.63) is 0 Å². The summed E-state index contributed by atoms with van der Waals surface area (Å²) in [5, 5.41) is 8.84. The molecule has 90 valence electrons. The number of nitrogens with zero attached hydrogens (tertiary/aromatic N) is 1. The highest BCUT2D eigenvalue weighted by molar-refractivity contribution is 5.77. The van der Waals surface area contributed by atoms with Gasteiger partial charge in [-0.2, -0.15) is 0 Å². The Morgan fingerprint density at radius 1 is 1.33 bits per heavy atom. The molecule has 0 fully saturated rings. The quantitative estimate of drug-likeness (QED) is 0.585. The maximum absolute atomic E-state index is 11.1. The molecule has 0 saturated carbocycles. The highest BCUT2D eigenvalue weighted by Gasteiger charge is 2.05. The Kier molecular flexibility index (Phi) is 9.78. The fraction of sp³-hybridized carbons (Fsp3) is 0.909. The van der Waals surface area contributed by atoms with Gasteiger partial charge in [-0.1, -0.05) is 6.92 Å². The van der Waals surface area contributed by atoms with Crippen molar-refractivity contribution in [1.82, 2.24) is 4.90 Å². The molecule has 1 N–H and O–H groups in total. The maximum atomic E-state index is 11.1. The molecule has 0 bridgehead atoms. The summed E-state index contributed by atoms with van der Waals surface area (Å²) >= 11 is 0. The second-order valence-electron chi connectivity index (χ2n) is 3.55. The molecule has 0 radical (unpaired) electrons. The molecule has 0 atom stereocenters. The second kappa shape index (κ2) is 10.1. The van der Waals surface area contributed by atoms with Gasteiger partial charge in [0.2, 0.25) is 0 Å². The molecule has 0 aliphatic carbocycles. The van der Waals surface area contributed by atoms with E-state index in [0.29, 0.717) is 31.8 Å². The lowest BCUT2D eigenvalue weighted by Crippen LogP contribution is -2.31. The van der Waals surface area contributed by atoms with E-state index >= 15 is 0 Å². The molecular formula is C11H23NO3. The van der Waals surface area contributed by atoms with Crippen molar-refractivity contribution >= 4 is 5.78 Å². The summed E-state index contributed by atoms with van der Waals surface area (Å²) in [5.74, 6) is 0.311. The number of hydrogen-bond acceptors (Lipinski definition) is 4. The number of hydrogen-bond donors (Lipinski definition) is 1. The summed E-state index contributed by atoms with van der Waals surface area (Å²) in [6.07, 6.45) is 2.14. The van der Waals surface area contributed by atoms with Gasteiger partial charge in [0.15, 0.2) is 0 Å². The highest BCUT2D eigenvalue weighted by Crippen LogP contribution is 1.98. The number of rotatable bonds is 10. The summed E-state index contributed by atoms with van der Waals surface area (Å²) in [6, 6.07) is 0. The highest BCUT2D eigenvalue weighted by atomic mass is 16.5. The zero-order chi connectivity index (χ0) is 11.5. The van der Waals surface area contributed by atoms with Crippen LogP contribution in [0.4, 0.5) is 0 Å². The van der Waals surface area contributed by atoms with Crippen LogP contribution in [0.1, 0.15) is 26.2 Å². The normalized spacial score (nSPS) is 10.9. The first-order valence-electron chi connectivity index (χ1n) is 5.58. The van der Waals surface area contributed by atoms with Crippen LogP contribution in [0.5, 0.6) is 0 Å². The fourth-order valence-electron chi connectivity index (χ4n) is 1.37. The van der Waals surface area contributed by atoms with E-state index in [-0.39, 0.29) is 6.61 Å². The number of Topliss-reactive ketones (excluding diaryl/α,β-unsaturated/α-hetero) is 1. The minimum Gasteiger partial charge on any atom is -0.395 e. The third-order valence-electron chi connectivity index (χ3n) is 2.35. The van der Waals surface area contributed by atoms with Crippen LogP contribution >= 0.6 is 0 Å². The van der Waals surface area contributed by atoms with E-state index in [9.17, 15) is 4.79 Å². The standard InChI is InChI=1S/C11H23NO3/c1-3-11(14)5-4-6-12(7-9-13)8-10-15-2/h13H,3-10H2,1-2H3. The zero-order valence-electron chi connectivity index (χ0n) is 9.87. The Labute approximate surface area is 92.2 Å². The molecule has 15 heavy (non-hydrogen) atoms. The van der Waals surface area contributed by atoms with Crippen molar-refractivity contribution in [2.24, 2.45) is 0 Å². The van der Waals surface area contributed by atoms with E-state index in [1.54, 1.807) is 7.11 Å². The van der Waals surface area contributed by atoms with E-state index < -0.39 is 0 Å². The summed E-state index contributed by atoms with van der Waals surface area (Å²) < 4.78 is 4.98. The van der Waals surface area contributed by atoms with Gasteiger partial charge in [-0.05, 0) is 13.0 Å². The summed E-state index contributed by atoms with van der Waals surface area (Å²) in [4.78, 5) is 13.2. The van der Waals surface area contributed by atoms with Crippen molar-refractivity contribution in [3.63, 3.8) is 0 Å². The van der Waals surface area contributed by atoms with Crippen LogP contribution in [0.3, 0.4) is 0 Å². The summed E-state index contributed by atoms with van der Waals surface area (Å²) in [6.45, 7) is 5.04. The summed E-state index contributed by atoms with van der Waals surface area (Å²) in [7, 11) is 1.66. The van der Waals surface area contributed by atoms with E-state index in [4.69, 9.17) is 9.84 Å². The molecular weight excluding hydrogens is 194 g/mol. The van der Waals surface area contributed by atoms with Gasteiger partial charge in [0.05, 0.1) is 13.2 Å². The Balaban J connectivity index is 3.60. The zero-order valence-corrected chi connectivity index (χ0v) is 9.87. The SMILES string of the molecule is CCC(=O)CCCN(CCO)CCOC. The molecule has 0 aromatic carbocycles. The molecule has 4 heteroatoms. The molecule has 0 aromatic rings. The third-order valence-corrected chi connectivity index (χ3v) is 2.35. The molecule has 0 aliphatic heterocycles. The first-order chi connectivity index (χ1) is 7.24. The molecule has 0 rings (SSSR count). The third kappa shape index (κ3) is 8.54. The number of carbonyl (C=O) groups is 1. The van der Waals surface area contributed by atoms with Gasteiger partial charge in [-0.15, -0.1) is 0 Å². The molecule has 0 heterocycles. The molecule has 0 aromatic heterocycles. The monoisotopic (exact) mass is 217 g/mol. The lowest BCUT2D eigenvalue weighted by Gasteiger charge is -2.20. The molecule has 0 aliphatic rings. The van der Waals surface area contributed by atoms with Gasteiger partial charge < -0.3 is 9.84 Å².